The van der Waals surface area contributed by atoms with Crippen LogP contribution in [-0.4, -0.2) is 67.6 Å². The van der Waals surface area contributed by atoms with Crippen LogP contribution in [0.1, 0.15) is 125 Å². The summed E-state index contributed by atoms with van der Waals surface area (Å²) in [7, 11) is 0.887. The van der Waals surface area contributed by atoms with E-state index in [0.29, 0.717) is 13.3 Å². The van der Waals surface area contributed by atoms with Gasteiger partial charge in [0.2, 0.25) is 0 Å². The van der Waals surface area contributed by atoms with Crippen molar-refractivity contribution in [3.05, 3.63) is 0 Å². The number of unbranched alkanes of at least 4 members (excludes halogenated alkanes) is 1. The van der Waals surface area contributed by atoms with Gasteiger partial charge in [-0.05, 0) is 107 Å². The molecule has 0 N–H and O–H groups in total. The molecule has 0 radical (unpaired) electrons. The molecule has 0 aromatic carbocycles. The number of rotatable bonds is 16. The Kier molecular flexibility index (Phi) is 11.8. The quantitative estimate of drug-likeness (QED) is 0.0884. The summed E-state index contributed by atoms with van der Waals surface area (Å²) in [6.07, 6.45) is -29.5. The van der Waals surface area contributed by atoms with Crippen LogP contribution < -0.4 is 0 Å². The van der Waals surface area contributed by atoms with Gasteiger partial charge in [-0.25, -0.2) is 0 Å². The van der Waals surface area contributed by atoms with Crippen molar-refractivity contribution < 1.29 is 80.4 Å². The summed E-state index contributed by atoms with van der Waals surface area (Å²) in [5, 5.41) is 0. The normalized spacial score (nSPS) is 34.3. The molecule has 4 saturated carbocycles. The van der Waals surface area contributed by atoms with E-state index < -0.39 is 113 Å². The van der Waals surface area contributed by atoms with Gasteiger partial charge in [0.25, 0.3) is 11.4 Å². The molecule has 0 amide bonds. The molecule has 18 heteroatoms. The second-order valence-corrected chi connectivity index (χ2v) is 16.8. The van der Waals surface area contributed by atoms with Gasteiger partial charge in [-0.15, -0.1) is 0 Å². The van der Waals surface area contributed by atoms with Crippen LogP contribution in [0.3, 0.4) is 0 Å². The highest BCUT2D eigenvalue weighted by molar-refractivity contribution is 5.27. The van der Waals surface area contributed by atoms with Crippen LogP contribution in [0.25, 0.3) is 0 Å². The highest BCUT2D eigenvalue weighted by atomic mass is 19.4. The third kappa shape index (κ3) is 6.28. The molecule has 4 fully saturated rings. The monoisotopic (exact) mass is 814 g/mol. The SMILES string of the molecule is CCCCOC(C)(OC1(C(F)(F)C(F)(F)F)C2CCC1(C(C)(CC)CC(C)C13CCC(C(OC(C)OC)(C(F)(F)F)C(F)(F)F)(CC1)C3)CC2)C(F)(F)F. The molecule has 0 spiro atoms. The Balaban J connectivity index is 1.84. The zero-order chi connectivity index (χ0) is 41.5. The lowest BCUT2D eigenvalue weighted by atomic mass is 9.51. The zero-order valence-electron chi connectivity index (χ0n) is 31.6. The van der Waals surface area contributed by atoms with Crippen molar-refractivity contribution in [3.63, 3.8) is 0 Å². The van der Waals surface area contributed by atoms with Crippen molar-refractivity contribution in [2.75, 3.05) is 13.7 Å². The molecule has 0 heterocycles. The largest absolute Gasteiger partial charge is 0.456 e. The van der Waals surface area contributed by atoms with E-state index >= 15 is 8.78 Å². The molecule has 5 atom stereocenters. The maximum Gasteiger partial charge on any atom is 0.456 e. The maximum absolute atomic E-state index is 16.5. The van der Waals surface area contributed by atoms with Gasteiger partial charge >= 0.3 is 30.6 Å². The molecule has 0 aromatic rings. The lowest BCUT2D eigenvalue weighted by Gasteiger charge is -2.59. The summed E-state index contributed by atoms with van der Waals surface area (Å²) in [5.74, 6) is -12.3. The first kappa shape index (κ1) is 45.6. The third-order valence-corrected chi connectivity index (χ3v) is 14.5. The van der Waals surface area contributed by atoms with Crippen molar-refractivity contribution in [1.82, 2.24) is 0 Å². The van der Waals surface area contributed by atoms with E-state index in [4.69, 9.17) is 18.9 Å². The Morgan fingerprint density at radius 1 is 0.704 bits per heavy atom. The van der Waals surface area contributed by atoms with Crippen molar-refractivity contribution in [3.8, 4) is 0 Å². The summed E-state index contributed by atoms with van der Waals surface area (Å²) in [4.78, 5) is 0. The van der Waals surface area contributed by atoms with Crippen LogP contribution in [0.2, 0.25) is 0 Å². The second kappa shape index (κ2) is 14.0. The molecule has 0 saturated heterocycles. The van der Waals surface area contributed by atoms with E-state index in [1.165, 1.54) is 20.8 Å². The highest BCUT2D eigenvalue weighted by Crippen LogP contribution is 2.79. The van der Waals surface area contributed by atoms with Crippen LogP contribution >= 0.6 is 0 Å². The summed E-state index contributed by atoms with van der Waals surface area (Å²) in [6.45, 7) is 6.53. The van der Waals surface area contributed by atoms with Crippen LogP contribution in [0, 0.1) is 33.5 Å². The first-order chi connectivity index (χ1) is 24.3. The van der Waals surface area contributed by atoms with Gasteiger partial charge in [-0.2, -0.15) is 61.5 Å². The van der Waals surface area contributed by atoms with Crippen molar-refractivity contribution in [1.29, 1.82) is 0 Å². The fraction of sp³-hybridized carbons (Fsp3) is 1.00. The number of ether oxygens (including phenoxy) is 4. The Labute approximate surface area is 306 Å². The van der Waals surface area contributed by atoms with Gasteiger partial charge in [-0.1, -0.05) is 40.5 Å². The van der Waals surface area contributed by atoms with Crippen LogP contribution in [0.4, 0.5) is 61.5 Å². The summed E-state index contributed by atoms with van der Waals surface area (Å²) in [5.41, 5.74) is -16.1. The molecule has 4 aliphatic rings. The smallest absolute Gasteiger partial charge is 0.356 e. The predicted octanol–water partition coefficient (Wildman–Crippen LogP) is 12.5. The molecule has 318 valence electrons. The number of hydrogen-bond acceptors (Lipinski definition) is 4. The van der Waals surface area contributed by atoms with Gasteiger partial charge in [0.1, 0.15) is 0 Å². The topological polar surface area (TPSA) is 36.9 Å². The van der Waals surface area contributed by atoms with Crippen LogP contribution in [-0.2, 0) is 18.9 Å². The zero-order valence-corrected chi connectivity index (χ0v) is 31.6. The van der Waals surface area contributed by atoms with Crippen molar-refractivity contribution in [2.45, 2.75) is 179 Å². The molecule has 4 bridgehead atoms. The maximum atomic E-state index is 16.5. The number of alkyl halides is 14. The average Bonchev–Trinajstić information content (AvgIpc) is 3.79. The predicted molar refractivity (Wildman–Crippen MR) is 167 cm³/mol. The fourth-order valence-corrected chi connectivity index (χ4v) is 11.5. The van der Waals surface area contributed by atoms with E-state index in [0.717, 1.165) is 14.0 Å². The Hall–Kier alpha value is -1.14. The number of hydrogen-bond donors (Lipinski definition) is 0. The Morgan fingerprint density at radius 2 is 1.22 bits per heavy atom. The van der Waals surface area contributed by atoms with Crippen molar-refractivity contribution >= 4 is 0 Å². The highest BCUT2D eigenvalue weighted by Gasteiger charge is 2.88. The number of halogens is 14. The van der Waals surface area contributed by atoms with E-state index in [-0.39, 0.29) is 57.8 Å². The van der Waals surface area contributed by atoms with E-state index in [2.05, 4.69) is 0 Å². The molecule has 4 aliphatic carbocycles. The molecule has 0 aromatic heterocycles. The molecule has 4 nitrogen and oxygen atoms in total. The molecule has 5 unspecified atom stereocenters. The lowest BCUT2D eigenvalue weighted by Crippen LogP contribution is -2.72. The standard InChI is InChI=1S/C36H52F14O4/c1-8-10-19-52-26(6,33(39,40)41)54-30(32(37,38)36(48,49)50)24-11-13-29(30,14-12-24)25(5,9-2)20-22(3)27-15-17-28(21-27,18-16-27)31(34(42,43)44,35(45,46)47)53-23(4)51-7/h22-24H,8-21H2,1-7H3. The Morgan fingerprint density at radius 3 is 1.63 bits per heavy atom. The molecule has 4 rings (SSSR count). The van der Waals surface area contributed by atoms with E-state index in [1.54, 1.807) is 6.92 Å². The van der Waals surface area contributed by atoms with Gasteiger partial charge < -0.3 is 18.9 Å². The van der Waals surface area contributed by atoms with Gasteiger partial charge in [0, 0.05) is 17.9 Å². The van der Waals surface area contributed by atoms with Crippen LogP contribution in [0.5, 0.6) is 0 Å². The van der Waals surface area contributed by atoms with Gasteiger partial charge in [-0.3, -0.25) is 0 Å². The first-order valence-electron chi connectivity index (χ1n) is 18.5. The number of fused-ring (bicyclic) bond motifs is 4. The van der Waals surface area contributed by atoms with E-state index in [9.17, 15) is 52.7 Å². The van der Waals surface area contributed by atoms with Crippen LogP contribution in [0.15, 0.2) is 0 Å². The second-order valence-electron chi connectivity index (χ2n) is 16.8. The van der Waals surface area contributed by atoms with Gasteiger partial charge in [0.15, 0.2) is 11.9 Å². The Bertz CT molecular complexity index is 1300. The molecule has 0 aliphatic heterocycles. The summed E-state index contributed by atoms with van der Waals surface area (Å²) in [6, 6.07) is 0. The minimum atomic E-state index is -6.37. The lowest BCUT2D eigenvalue weighted by molar-refractivity contribution is -0.462. The first-order valence-corrected chi connectivity index (χ1v) is 18.5. The minimum Gasteiger partial charge on any atom is -0.356 e. The molecule has 54 heavy (non-hydrogen) atoms. The average molecular weight is 815 g/mol. The van der Waals surface area contributed by atoms with Crippen molar-refractivity contribution in [2.24, 2.45) is 33.5 Å². The van der Waals surface area contributed by atoms with E-state index in [1.807, 2.05) is 0 Å². The molecular weight excluding hydrogens is 762 g/mol. The minimum absolute atomic E-state index is 0.0133. The summed E-state index contributed by atoms with van der Waals surface area (Å²) < 4.78 is 230. The summed E-state index contributed by atoms with van der Waals surface area (Å²) >= 11 is 0. The fourth-order valence-electron chi connectivity index (χ4n) is 11.5. The van der Waals surface area contributed by atoms with Gasteiger partial charge in [0.05, 0.1) is 6.61 Å². The third-order valence-electron chi connectivity index (χ3n) is 14.5. The number of methoxy groups -OCH3 is 1. The molecular formula is C36H52F14O4.